The summed E-state index contributed by atoms with van der Waals surface area (Å²) in [6.07, 6.45) is 1.71. The molecule has 46 heavy (non-hydrogen) atoms. The van der Waals surface area contributed by atoms with E-state index in [1.807, 2.05) is 62.4 Å². The summed E-state index contributed by atoms with van der Waals surface area (Å²) in [7, 11) is 3.13. The van der Waals surface area contributed by atoms with E-state index in [1.165, 1.54) is 11.3 Å². The second kappa shape index (κ2) is 14.4. The first-order valence-corrected chi connectivity index (χ1v) is 16.3. The van der Waals surface area contributed by atoms with Crippen LogP contribution in [-0.4, -0.2) is 37.5 Å². The van der Waals surface area contributed by atoms with Gasteiger partial charge in [0.25, 0.3) is 5.56 Å². The molecule has 3 aromatic carbocycles. The van der Waals surface area contributed by atoms with E-state index in [9.17, 15) is 9.59 Å². The first kappa shape index (κ1) is 33.0. The van der Waals surface area contributed by atoms with Crippen molar-refractivity contribution in [2.24, 2.45) is 4.99 Å². The molecule has 1 aliphatic rings. The molecule has 1 atom stereocenters. The van der Waals surface area contributed by atoms with Gasteiger partial charge in [-0.1, -0.05) is 51.5 Å². The van der Waals surface area contributed by atoms with Gasteiger partial charge in [-0.2, -0.15) is 0 Å². The number of carbonyl (C=O) groups is 1. The molecule has 0 fully saturated rings. The van der Waals surface area contributed by atoms with Crippen molar-refractivity contribution in [1.29, 1.82) is 0 Å². The highest BCUT2D eigenvalue weighted by Crippen LogP contribution is 2.36. The van der Waals surface area contributed by atoms with Crippen molar-refractivity contribution in [1.82, 2.24) is 4.57 Å². The van der Waals surface area contributed by atoms with E-state index < -0.39 is 12.0 Å². The molecule has 1 aliphatic heterocycles. The minimum Gasteiger partial charge on any atom is -0.493 e. The van der Waals surface area contributed by atoms with Crippen LogP contribution < -0.4 is 33.8 Å². The highest BCUT2D eigenvalue weighted by atomic mass is 79.9. The van der Waals surface area contributed by atoms with Crippen LogP contribution in [0.15, 0.2) is 86.2 Å². The molecule has 5 rings (SSSR count). The van der Waals surface area contributed by atoms with Gasteiger partial charge in [-0.25, -0.2) is 9.79 Å². The standard InChI is InChI=1S/C35H35BrN2O7S/c1-7-43-34(40)31-21(4)37-35-38(32(31)24-11-15-27(45-20(2)3)29(18-24)42-6)33(39)30(46-35)17-23-10-14-26(28(16-23)41-5)44-19-22-8-12-25(36)13-9-22/h8-18,20,32H,7,19H2,1-6H3/b30-17-/t32-/m0/s1. The molecular formula is C35H35BrN2O7S. The predicted octanol–water partition coefficient (Wildman–Crippen LogP) is 5.94. The summed E-state index contributed by atoms with van der Waals surface area (Å²) in [5.41, 5.74) is 2.89. The van der Waals surface area contributed by atoms with E-state index in [0.717, 1.165) is 15.6 Å². The van der Waals surface area contributed by atoms with Gasteiger partial charge in [0.15, 0.2) is 27.8 Å². The number of hydrogen-bond acceptors (Lipinski definition) is 9. The number of allylic oxidation sites excluding steroid dienone is 1. The van der Waals surface area contributed by atoms with Crippen LogP contribution in [0.2, 0.25) is 0 Å². The molecule has 0 saturated carbocycles. The predicted molar refractivity (Wildman–Crippen MR) is 181 cm³/mol. The fourth-order valence-corrected chi connectivity index (χ4v) is 6.41. The van der Waals surface area contributed by atoms with Crippen LogP contribution in [0, 0.1) is 0 Å². The summed E-state index contributed by atoms with van der Waals surface area (Å²) in [4.78, 5) is 32.5. The van der Waals surface area contributed by atoms with Crippen LogP contribution in [0.4, 0.5) is 0 Å². The third-order valence-electron chi connectivity index (χ3n) is 7.18. The highest BCUT2D eigenvalue weighted by molar-refractivity contribution is 9.10. The van der Waals surface area contributed by atoms with Crippen molar-refractivity contribution < 1.29 is 28.5 Å². The molecule has 0 aliphatic carbocycles. The number of thiazole rings is 1. The van der Waals surface area contributed by atoms with Gasteiger partial charge >= 0.3 is 5.97 Å². The molecule has 0 spiro atoms. The number of aromatic nitrogens is 1. The molecule has 0 saturated heterocycles. The molecule has 0 bridgehead atoms. The van der Waals surface area contributed by atoms with E-state index in [-0.39, 0.29) is 23.8 Å². The summed E-state index contributed by atoms with van der Waals surface area (Å²) in [6, 6.07) is 18.0. The first-order chi connectivity index (χ1) is 22.1. The smallest absolute Gasteiger partial charge is 0.338 e. The van der Waals surface area contributed by atoms with Gasteiger partial charge in [0.05, 0.1) is 48.8 Å². The Morgan fingerprint density at radius 1 is 1.00 bits per heavy atom. The molecule has 0 radical (unpaired) electrons. The third-order valence-corrected chi connectivity index (χ3v) is 8.69. The topological polar surface area (TPSA) is 97.6 Å². The SMILES string of the molecule is CCOC(=O)C1=C(C)N=c2s/c(=C\c3ccc(OCc4ccc(Br)cc4)c(OC)c3)c(=O)n2[C@H]1c1ccc(OC(C)C)c(OC)c1. The lowest BCUT2D eigenvalue weighted by Gasteiger charge is -2.25. The van der Waals surface area contributed by atoms with Crippen molar-refractivity contribution in [2.75, 3.05) is 20.8 Å². The molecule has 240 valence electrons. The Morgan fingerprint density at radius 2 is 1.70 bits per heavy atom. The highest BCUT2D eigenvalue weighted by Gasteiger charge is 2.34. The van der Waals surface area contributed by atoms with E-state index in [2.05, 4.69) is 20.9 Å². The number of nitrogens with zero attached hydrogens (tertiary/aromatic N) is 2. The maximum absolute atomic E-state index is 14.1. The number of rotatable bonds is 11. The monoisotopic (exact) mass is 706 g/mol. The molecular weight excluding hydrogens is 672 g/mol. The molecule has 11 heteroatoms. The molecule has 4 aromatic rings. The summed E-state index contributed by atoms with van der Waals surface area (Å²) in [6.45, 7) is 7.90. The first-order valence-electron chi connectivity index (χ1n) is 14.7. The van der Waals surface area contributed by atoms with Crippen LogP contribution in [0.5, 0.6) is 23.0 Å². The van der Waals surface area contributed by atoms with E-state index in [4.69, 9.17) is 23.7 Å². The Kier molecular flexibility index (Phi) is 10.3. The van der Waals surface area contributed by atoms with Gasteiger partial charge in [0, 0.05) is 4.47 Å². The second-order valence-electron chi connectivity index (χ2n) is 10.7. The van der Waals surface area contributed by atoms with Gasteiger partial charge in [0.2, 0.25) is 0 Å². The van der Waals surface area contributed by atoms with Crippen molar-refractivity contribution >= 4 is 39.3 Å². The normalized spacial score (nSPS) is 14.5. The van der Waals surface area contributed by atoms with Crippen molar-refractivity contribution in [2.45, 2.75) is 46.4 Å². The number of benzene rings is 3. The number of esters is 1. The minimum absolute atomic E-state index is 0.0691. The average molecular weight is 708 g/mol. The van der Waals surface area contributed by atoms with Gasteiger partial charge in [-0.3, -0.25) is 9.36 Å². The number of methoxy groups -OCH3 is 2. The molecule has 0 amide bonds. The summed E-state index contributed by atoms with van der Waals surface area (Å²) < 4.78 is 31.6. The van der Waals surface area contributed by atoms with E-state index >= 15 is 0 Å². The number of ether oxygens (including phenoxy) is 5. The zero-order valence-electron chi connectivity index (χ0n) is 26.5. The maximum atomic E-state index is 14.1. The lowest BCUT2D eigenvalue weighted by atomic mass is 9.95. The number of hydrogen-bond donors (Lipinski definition) is 0. The Balaban J connectivity index is 1.56. The zero-order chi connectivity index (χ0) is 33.0. The molecule has 0 unspecified atom stereocenters. The van der Waals surface area contributed by atoms with Crippen LogP contribution in [-0.2, 0) is 16.1 Å². The number of fused-ring (bicyclic) bond motifs is 1. The zero-order valence-corrected chi connectivity index (χ0v) is 28.9. The van der Waals surface area contributed by atoms with Crippen LogP contribution in [0.3, 0.4) is 0 Å². The molecule has 9 nitrogen and oxygen atoms in total. The van der Waals surface area contributed by atoms with Crippen molar-refractivity contribution in [3.8, 4) is 23.0 Å². The van der Waals surface area contributed by atoms with Crippen molar-refractivity contribution in [3.63, 3.8) is 0 Å². The minimum atomic E-state index is -0.789. The fourth-order valence-electron chi connectivity index (χ4n) is 5.10. The summed E-state index contributed by atoms with van der Waals surface area (Å²) in [5.74, 6) is 1.63. The lowest BCUT2D eigenvalue weighted by molar-refractivity contribution is -0.139. The number of halogens is 1. The lowest BCUT2D eigenvalue weighted by Crippen LogP contribution is -2.40. The Bertz CT molecular complexity index is 1960. The Labute approximate surface area is 279 Å². The third kappa shape index (κ3) is 7.05. The van der Waals surface area contributed by atoms with Crippen LogP contribution in [0.1, 0.15) is 50.4 Å². The van der Waals surface area contributed by atoms with E-state index in [1.54, 1.807) is 50.8 Å². The van der Waals surface area contributed by atoms with E-state index in [0.29, 0.717) is 50.2 Å². The van der Waals surface area contributed by atoms with Gasteiger partial charge in [-0.05, 0) is 86.9 Å². The second-order valence-corrected chi connectivity index (χ2v) is 12.6. The van der Waals surface area contributed by atoms with Gasteiger partial charge in [0.1, 0.15) is 6.61 Å². The summed E-state index contributed by atoms with van der Waals surface area (Å²) >= 11 is 4.69. The van der Waals surface area contributed by atoms with Crippen molar-refractivity contribution in [3.05, 3.63) is 113 Å². The molecule has 0 N–H and O–H groups in total. The quantitative estimate of drug-likeness (QED) is 0.178. The van der Waals surface area contributed by atoms with Gasteiger partial charge < -0.3 is 23.7 Å². The largest absolute Gasteiger partial charge is 0.493 e. The summed E-state index contributed by atoms with van der Waals surface area (Å²) in [5, 5.41) is 0. The Morgan fingerprint density at radius 3 is 2.37 bits per heavy atom. The van der Waals surface area contributed by atoms with Crippen LogP contribution in [0.25, 0.3) is 6.08 Å². The molecule has 1 aromatic heterocycles. The molecule has 2 heterocycles. The number of carbonyl (C=O) groups excluding carboxylic acids is 1. The maximum Gasteiger partial charge on any atom is 0.338 e. The van der Waals surface area contributed by atoms with Crippen LogP contribution >= 0.6 is 27.3 Å². The fraction of sp³-hybridized carbons (Fsp3) is 0.286. The van der Waals surface area contributed by atoms with Gasteiger partial charge in [-0.15, -0.1) is 0 Å². The average Bonchev–Trinajstić information content (AvgIpc) is 3.34. The Hall–Kier alpha value is -4.35.